The molecule has 0 saturated carbocycles. The maximum Gasteiger partial charge on any atom is 0.136 e. The normalized spacial score (nSPS) is 23.2. The number of Topliss-reactive ketones (excluding diaryl/α,β-unsaturated/α-hetero) is 1. The highest BCUT2D eigenvalue weighted by molar-refractivity contribution is 5.81. The average molecular weight is 156 g/mol. The molecule has 0 amide bonds. The van der Waals surface area contributed by atoms with Gasteiger partial charge in [-0.15, -0.1) is 0 Å². The lowest BCUT2D eigenvalue weighted by atomic mass is 9.91. The molecule has 1 aliphatic rings. The first-order valence-corrected chi connectivity index (χ1v) is 4.50. The lowest BCUT2D eigenvalue weighted by molar-refractivity contribution is -0.123. The molecule has 0 unspecified atom stereocenters. The summed E-state index contributed by atoms with van der Waals surface area (Å²) in [6, 6.07) is 0. The molecule has 1 fully saturated rings. The van der Waals surface area contributed by atoms with Crippen molar-refractivity contribution in [3.05, 3.63) is 0 Å². The molecule has 0 aromatic heterocycles. The lowest BCUT2D eigenvalue weighted by Crippen LogP contribution is -2.31. The molecule has 0 bridgehead atoms. The molecule has 0 aliphatic carbocycles. The Labute approximate surface area is 69.8 Å². The average Bonchev–Trinajstić information content (AvgIpc) is 2.06. The Morgan fingerprint density at radius 2 is 2.27 bits per heavy atom. The summed E-state index contributed by atoms with van der Waals surface area (Å²) in [7, 11) is 0. The van der Waals surface area contributed by atoms with Gasteiger partial charge in [-0.1, -0.05) is 6.92 Å². The van der Waals surface area contributed by atoms with Crippen molar-refractivity contribution in [3.8, 4) is 0 Å². The van der Waals surface area contributed by atoms with Gasteiger partial charge in [-0.25, -0.2) is 0 Å². The van der Waals surface area contributed by atoms with Gasteiger partial charge in [0.25, 0.3) is 0 Å². The largest absolute Gasteiger partial charge is 0.317 e. The second-order valence-electron chi connectivity index (χ2n) is 3.16. The first-order chi connectivity index (χ1) is 5.74. The van der Waals surface area contributed by atoms with Gasteiger partial charge in [0.1, 0.15) is 7.20 Å². The van der Waals surface area contributed by atoms with Gasteiger partial charge in [-0.3, -0.25) is 4.79 Å². The van der Waals surface area contributed by atoms with E-state index in [4.69, 9.17) is 1.41 Å². The highest BCUT2D eigenvalue weighted by atomic mass is 16.1. The van der Waals surface area contributed by atoms with Crippen molar-refractivity contribution < 1.29 is 6.21 Å². The summed E-state index contributed by atoms with van der Waals surface area (Å²) in [6.45, 7) is 3.57. The van der Waals surface area contributed by atoms with Gasteiger partial charge in [0.15, 0.2) is 0 Å². The third-order valence-electron chi connectivity index (χ3n) is 2.22. The maximum atomic E-state index is 11.4. The first kappa shape index (κ1) is 7.29. The Morgan fingerprint density at radius 1 is 1.64 bits per heavy atom. The van der Waals surface area contributed by atoms with E-state index in [1.54, 1.807) is 5.31 Å². The highest BCUT2D eigenvalue weighted by Gasteiger charge is 2.19. The van der Waals surface area contributed by atoms with Gasteiger partial charge in [0.2, 0.25) is 0 Å². The van der Waals surface area contributed by atoms with E-state index in [-0.39, 0.29) is 5.92 Å². The fourth-order valence-electron chi connectivity index (χ4n) is 1.52. The minimum atomic E-state index is 0.256. The van der Waals surface area contributed by atoms with E-state index in [0.29, 0.717) is 5.78 Å². The molecule has 1 aliphatic heterocycles. The summed E-state index contributed by atoms with van der Waals surface area (Å²) < 4.78 is 7.33. The van der Waals surface area contributed by atoms with Gasteiger partial charge in [-0.05, 0) is 32.4 Å². The van der Waals surface area contributed by atoms with Crippen LogP contribution in [0.1, 0.15) is 32.6 Å². The van der Waals surface area contributed by atoms with Crippen molar-refractivity contribution in [2.75, 3.05) is 13.1 Å². The third kappa shape index (κ3) is 2.62. The molecule has 1 heterocycles. The SMILES string of the molecule is [2H]N1CCC(C(=O)CCC)CC1. The van der Waals surface area contributed by atoms with E-state index in [2.05, 4.69) is 0 Å². The first-order valence-electron chi connectivity index (χ1n) is 4.95. The predicted molar refractivity (Wildman–Crippen MR) is 45.5 cm³/mol. The van der Waals surface area contributed by atoms with Gasteiger partial charge >= 0.3 is 0 Å². The fraction of sp³-hybridized carbons (Fsp3) is 0.889. The number of rotatable bonds is 3. The van der Waals surface area contributed by atoms with Crippen LogP contribution in [-0.2, 0) is 4.79 Å². The molecule has 2 nitrogen and oxygen atoms in total. The van der Waals surface area contributed by atoms with Crippen molar-refractivity contribution >= 4 is 5.78 Å². The van der Waals surface area contributed by atoms with Crippen LogP contribution in [0, 0.1) is 5.92 Å². The van der Waals surface area contributed by atoms with Crippen molar-refractivity contribution in [1.29, 1.82) is 0 Å². The predicted octanol–water partition coefficient (Wildman–Crippen LogP) is 1.36. The van der Waals surface area contributed by atoms with Crippen molar-refractivity contribution in [2.45, 2.75) is 32.6 Å². The minimum absolute atomic E-state index is 0.256. The van der Waals surface area contributed by atoms with Crippen LogP contribution >= 0.6 is 0 Å². The Morgan fingerprint density at radius 3 is 2.82 bits per heavy atom. The summed E-state index contributed by atoms with van der Waals surface area (Å²) in [5.74, 6) is 0.664. The Balaban J connectivity index is 2.29. The lowest BCUT2D eigenvalue weighted by Gasteiger charge is -2.20. The topological polar surface area (TPSA) is 29.1 Å². The molecular formula is C9H17NO. The quantitative estimate of drug-likeness (QED) is 0.668. The molecule has 11 heavy (non-hydrogen) atoms. The molecule has 0 spiro atoms. The summed E-state index contributed by atoms with van der Waals surface area (Å²) in [5.41, 5.74) is 0. The minimum Gasteiger partial charge on any atom is -0.317 e. The second kappa shape index (κ2) is 4.50. The van der Waals surface area contributed by atoms with Gasteiger partial charge in [-0.2, -0.15) is 0 Å². The molecule has 64 valence electrons. The van der Waals surface area contributed by atoms with Gasteiger partial charge < -0.3 is 5.31 Å². The Bertz CT molecular complexity index is 153. The van der Waals surface area contributed by atoms with E-state index < -0.39 is 0 Å². The highest BCUT2D eigenvalue weighted by Crippen LogP contribution is 2.14. The zero-order valence-electron chi connectivity index (χ0n) is 8.18. The van der Waals surface area contributed by atoms with E-state index in [1.165, 1.54) is 0 Å². The van der Waals surface area contributed by atoms with E-state index in [0.717, 1.165) is 38.8 Å². The number of nitrogens with one attached hydrogen (secondary N) is 1. The van der Waals surface area contributed by atoms with Crippen LogP contribution < -0.4 is 5.31 Å². The molecule has 1 N–H and O–H groups in total. The Hall–Kier alpha value is -0.370. The zero-order chi connectivity index (χ0) is 8.97. The van der Waals surface area contributed by atoms with Crippen LogP contribution in [0.4, 0.5) is 0 Å². The molecule has 0 aromatic rings. The smallest absolute Gasteiger partial charge is 0.136 e. The Kier molecular flexibility index (Phi) is 2.98. The number of carbonyl (C=O) groups excluding carboxylic acids is 1. The zero-order valence-corrected chi connectivity index (χ0v) is 7.18. The van der Waals surface area contributed by atoms with E-state index in [9.17, 15) is 4.79 Å². The van der Waals surface area contributed by atoms with Crippen LogP contribution in [0.3, 0.4) is 0 Å². The van der Waals surface area contributed by atoms with Crippen molar-refractivity contribution in [1.82, 2.24) is 5.31 Å². The summed E-state index contributed by atoms with van der Waals surface area (Å²) in [6.07, 6.45) is 3.47. The summed E-state index contributed by atoms with van der Waals surface area (Å²) in [5, 5.41) is 1.55. The summed E-state index contributed by atoms with van der Waals surface area (Å²) in [4.78, 5) is 11.4. The number of piperidine rings is 1. The number of ketones is 1. The maximum absolute atomic E-state index is 11.4. The van der Waals surface area contributed by atoms with Gasteiger partial charge in [0, 0.05) is 12.3 Å². The number of carbonyl (C=O) groups is 1. The van der Waals surface area contributed by atoms with Gasteiger partial charge in [0.05, 0.1) is 0 Å². The van der Waals surface area contributed by atoms with Crippen LogP contribution in [-0.4, -0.2) is 18.9 Å². The molecule has 1 saturated heterocycles. The molecular weight excluding hydrogens is 138 g/mol. The molecule has 2 heteroatoms. The number of hydrogen-bond acceptors (Lipinski definition) is 2. The standard InChI is InChI=1S/C9H17NO/c1-2-3-9(11)8-4-6-10-7-5-8/h8,10H,2-7H2,1H3/i/hD. The number of hydrogen-bond donors (Lipinski definition) is 1. The second-order valence-corrected chi connectivity index (χ2v) is 3.16. The molecule has 1 rings (SSSR count). The molecule has 0 radical (unpaired) electrons. The van der Waals surface area contributed by atoms with Crippen LogP contribution in [0.2, 0.25) is 1.41 Å². The molecule has 0 aromatic carbocycles. The fourth-order valence-corrected chi connectivity index (χ4v) is 1.52. The monoisotopic (exact) mass is 156 g/mol. The van der Waals surface area contributed by atoms with Crippen LogP contribution in [0.25, 0.3) is 0 Å². The van der Waals surface area contributed by atoms with Crippen LogP contribution in [0.15, 0.2) is 0 Å². The summed E-state index contributed by atoms with van der Waals surface area (Å²) >= 11 is 0. The van der Waals surface area contributed by atoms with Crippen molar-refractivity contribution in [3.63, 3.8) is 0 Å². The van der Waals surface area contributed by atoms with E-state index >= 15 is 0 Å². The molecule has 0 atom stereocenters. The van der Waals surface area contributed by atoms with Crippen molar-refractivity contribution in [2.24, 2.45) is 5.92 Å². The third-order valence-corrected chi connectivity index (χ3v) is 2.22. The van der Waals surface area contributed by atoms with E-state index in [1.807, 2.05) is 6.92 Å². The van der Waals surface area contributed by atoms with Crippen LogP contribution in [0.5, 0.6) is 0 Å².